The second-order valence-electron chi connectivity index (χ2n) is 6.29. The molecule has 4 rings (SSSR count). The standard InChI is InChI=1S/C21H17BrN4O2/c1-13-3-8-17(16(22)11-13)24-20-19(25-18-12-23-9-10-26(18)20)14-4-6-15(7-5-14)21(27)28-2/h3-12,24H,1-2H3. The summed E-state index contributed by atoms with van der Waals surface area (Å²) in [6.07, 6.45) is 5.29. The highest BCUT2D eigenvalue weighted by atomic mass is 79.9. The lowest BCUT2D eigenvalue weighted by molar-refractivity contribution is 0.0601. The fourth-order valence-corrected chi connectivity index (χ4v) is 3.55. The first kappa shape index (κ1) is 18.2. The van der Waals surface area contributed by atoms with E-state index in [2.05, 4.69) is 32.3 Å². The number of aromatic nitrogens is 3. The molecule has 2 aromatic heterocycles. The van der Waals surface area contributed by atoms with E-state index in [1.807, 2.05) is 41.8 Å². The summed E-state index contributed by atoms with van der Waals surface area (Å²) in [7, 11) is 1.37. The summed E-state index contributed by atoms with van der Waals surface area (Å²) in [5, 5.41) is 3.47. The summed E-state index contributed by atoms with van der Waals surface area (Å²) in [5.74, 6) is 0.445. The highest BCUT2D eigenvalue weighted by Crippen LogP contribution is 2.33. The largest absolute Gasteiger partial charge is 0.465 e. The third kappa shape index (κ3) is 3.36. The van der Waals surface area contributed by atoms with Gasteiger partial charge in [0.1, 0.15) is 11.5 Å². The number of methoxy groups -OCH3 is 1. The Morgan fingerprint density at radius 3 is 2.68 bits per heavy atom. The summed E-state index contributed by atoms with van der Waals surface area (Å²) in [5.41, 5.74) is 4.95. The number of fused-ring (bicyclic) bond motifs is 1. The van der Waals surface area contributed by atoms with Crippen molar-refractivity contribution in [2.45, 2.75) is 6.92 Å². The SMILES string of the molecule is COC(=O)c1ccc(-c2nc3cnccn3c2Nc2ccc(C)cc2Br)cc1. The molecule has 4 aromatic rings. The average molecular weight is 437 g/mol. The van der Waals surface area contributed by atoms with Gasteiger partial charge in [-0.2, -0.15) is 0 Å². The molecule has 0 bridgehead atoms. The molecule has 0 unspecified atom stereocenters. The third-order valence-electron chi connectivity index (χ3n) is 4.39. The Balaban J connectivity index is 1.82. The van der Waals surface area contributed by atoms with E-state index in [0.717, 1.165) is 32.9 Å². The summed E-state index contributed by atoms with van der Waals surface area (Å²) in [6.45, 7) is 2.04. The molecule has 0 saturated carbocycles. The first-order valence-electron chi connectivity index (χ1n) is 8.61. The summed E-state index contributed by atoms with van der Waals surface area (Å²) in [4.78, 5) is 20.6. The van der Waals surface area contributed by atoms with Gasteiger partial charge in [0, 0.05) is 22.4 Å². The van der Waals surface area contributed by atoms with Crippen molar-refractivity contribution < 1.29 is 9.53 Å². The van der Waals surface area contributed by atoms with Gasteiger partial charge < -0.3 is 10.1 Å². The van der Waals surface area contributed by atoms with E-state index < -0.39 is 0 Å². The maximum absolute atomic E-state index is 11.7. The average Bonchev–Trinajstić information content (AvgIpc) is 3.08. The molecule has 1 N–H and O–H groups in total. The van der Waals surface area contributed by atoms with Crippen LogP contribution in [0.1, 0.15) is 15.9 Å². The molecule has 0 fully saturated rings. The molecule has 2 heterocycles. The lowest BCUT2D eigenvalue weighted by Crippen LogP contribution is -2.01. The van der Waals surface area contributed by atoms with Gasteiger partial charge in [0.05, 0.1) is 24.6 Å². The first-order chi connectivity index (χ1) is 13.6. The number of nitrogens with one attached hydrogen (secondary N) is 1. The molecule has 0 aliphatic rings. The summed E-state index contributed by atoms with van der Waals surface area (Å²) in [6, 6.07) is 13.3. The molecule has 6 nitrogen and oxygen atoms in total. The number of carbonyl (C=O) groups excluding carboxylic acids is 1. The molecule has 0 saturated heterocycles. The number of aryl methyl sites for hydroxylation is 1. The quantitative estimate of drug-likeness (QED) is 0.456. The Kier molecular flexibility index (Phi) is 4.83. The Hall–Kier alpha value is -3.19. The minimum Gasteiger partial charge on any atom is -0.465 e. The molecule has 140 valence electrons. The van der Waals surface area contributed by atoms with Crippen molar-refractivity contribution in [1.29, 1.82) is 0 Å². The first-order valence-corrected chi connectivity index (χ1v) is 9.40. The van der Waals surface area contributed by atoms with Crippen LogP contribution in [0.4, 0.5) is 11.5 Å². The monoisotopic (exact) mass is 436 g/mol. The Bertz CT molecular complexity index is 1170. The number of imidazole rings is 1. The number of nitrogens with zero attached hydrogens (tertiary/aromatic N) is 3. The van der Waals surface area contributed by atoms with Gasteiger partial charge in [-0.1, -0.05) is 18.2 Å². The van der Waals surface area contributed by atoms with Gasteiger partial charge in [-0.3, -0.25) is 9.38 Å². The smallest absolute Gasteiger partial charge is 0.337 e. The van der Waals surface area contributed by atoms with Crippen molar-refractivity contribution in [2.24, 2.45) is 0 Å². The molecule has 28 heavy (non-hydrogen) atoms. The van der Waals surface area contributed by atoms with Gasteiger partial charge in [-0.25, -0.2) is 9.78 Å². The fraction of sp³-hybridized carbons (Fsp3) is 0.0952. The van der Waals surface area contributed by atoms with Crippen LogP contribution in [0.15, 0.2) is 65.5 Å². The number of esters is 1. The number of halogens is 1. The Morgan fingerprint density at radius 2 is 1.96 bits per heavy atom. The van der Waals surface area contributed by atoms with Crippen molar-refractivity contribution in [3.8, 4) is 11.3 Å². The van der Waals surface area contributed by atoms with Crippen LogP contribution in [0, 0.1) is 6.92 Å². The molecule has 0 spiro atoms. The minimum atomic E-state index is -0.368. The van der Waals surface area contributed by atoms with Crippen molar-refractivity contribution in [3.05, 3.63) is 76.7 Å². The number of anilines is 2. The third-order valence-corrected chi connectivity index (χ3v) is 5.04. The van der Waals surface area contributed by atoms with E-state index in [1.54, 1.807) is 24.5 Å². The lowest BCUT2D eigenvalue weighted by atomic mass is 10.1. The van der Waals surface area contributed by atoms with Gasteiger partial charge in [0.2, 0.25) is 0 Å². The zero-order valence-electron chi connectivity index (χ0n) is 15.3. The molecule has 2 aromatic carbocycles. The predicted octanol–water partition coefficient (Wildman–Crippen LogP) is 5.00. The normalized spacial score (nSPS) is 10.8. The van der Waals surface area contributed by atoms with Crippen molar-refractivity contribution in [3.63, 3.8) is 0 Å². The molecular formula is C21H17BrN4O2. The number of carbonyl (C=O) groups is 1. The Morgan fingerprint density at radius 1 is 1.18 bits per heavy atom. The van der Waals surface area contributed by atoms with Crippen molar-refractivity contribution >= 4 is 39.1 Å². The number of hydrogen-bond acceptors (Lipinski definition) is 5. The van der Waals surface area contributed by atoms with Crippen LogP contribution in [-0.2, 0) is 4.74 Å². The molecular weight excluding hydrogens is 420 g/mol. The topological polar surface area (TPSA) is 68.5 Å². The zero-order valence-corrected chi connectivity index (χ0v) is 16.9. The second-order valence-corrected chi connectivity index (χ2v) is 7.15. The predicted molar refractivity (Wildman–Crippen MR) is 112 cm³/mol. The van der Waals surface area contributed by atoms with Crippen molar-refractivity contribution in [2.75, 3.05) is 12.4 Å². The van der Waals surface area contributed by atoms with E-state index in [-0.39, 0.29) is 5.97 Å². The molecule has 7 heteroatoms. The Labute approximate surface area is 170 Å². The molecule has 0 atom stereocenters. The number of rotatable bonds is 4. The molecule has 0 aliphatic carbocycles. The van der Waals surface area contributed by atoms with Crippen molar-refractivity contribution in [1.82, 2.24) is 14.4 Å². The van der Waals surface area contributed by atoms with Gasteiger partial charge in [-0.05, 0) is 52.7 Å². The fourth-order valence-electron chi connectivity index (χ4n) is 2.96. The summed E-state index contributed by atoms with van der Waals surface area (Å²) < 4.78 is 7.68. The maximum Gasteiger partial charge on any atom is 0.337 e. The highest BCUT2D eigenvalue weighted by molar-refractivity contribution is 9.10. The second kappa shape index (κ2) is 7.44. The number of hydrogen-bond donors (Lipinski definition) is 1. The zero-order chi connectivity index (χ0) is 19.7. The van der Waals surface area contributed by atoms with E-state index in [4.69, 9.17) is 9.72 Å². The van der Waals surface area contributed by atoms with Gasteiger partial charge in [0.15, 0.2) is 5.65 Å². The van der Waals surface area contributed by atoms with E-state index >= 15 is 0 Å². The van der Waals surface area contributed by atoms with Gasteiger partial charge in [-0.15, -0.1) is 0 Å². The molecule has 0 aliphatic heterocycles. The van der Waals surface area contributed by atoms with Crippen LogP contribution in [-0.4, -0.2) is 27.4 Å². The van der Waals surface area contributed by atoms with Crippen LogP contribution in [0.2, 0.25) is 0 Å². The molecule has 0 radical (unpaired) electrons. The van der Waals surface area contributed by atoms with E-state index in [9.17, 15) is 4.79 Å². The summed E-state index contributed by atoms with van der Waals surface area (Å²) >= 11 is 3.62. The number of ether oxygens (including phenoxy) is 1. The van der Waals surface area contributed by atoms with E-state index in [0.29, 0.717) is 5.56 Å². The van der Waals surface area contributed by atoms with Crippen LogP contribution in [0.5, 0.6) is 0 Å². The van der Waals surface area contributed by atoms with Crippen LogP contribution in [0.3, 0.4) is 0 Å². The highest BCUT2D eigenvalue weighted by Gasteiger charge is 2.16. The molecule has 0 amide bonds. The van der Waals surface area contributed by atoms with Crippen LogP contribution in [0.25, 0.3) is 16.9 Å². The van der Waals surface area contributed by atoms with Crippen LogP contribution >= 0.6 is 15.9 Å². The van der Waals surface area contributed by atoms with Crippen LogP contribution < -0.4 is 5.32 Å². The van der Waals surface area contributed by atoms with Gasteiger partial charge in [0.25, 0.3) is 0 Å². The maximum atomic E-state index is 11.7. The number of benzene rings is 2. The van der Waals surface area contributed by atoms with Gasteiger partial charge >= 0.3 is 5.97 Å². The van der Waals surface area contributed by atoms with E-state index in [1.165, 1.54) is 12.7 Å². The lowest BCUT2D eigenvalue weighted by Gasteiger charge is -2.11. The minimum absolute atomic E-state index is 0.368.